The molecule has 2 N–H and O–H groups in total. The van der Waals surface area contributed by atoms with Crippen LogP contribution in [0.3, 0.4) is 0 Å². The number of hydrogen-bond acceptors (Lipinski definition) is 3. The van der Waals surface area contributed by atoms with Gasteiger partial charge in [0, 0.05) is 25.2 Å². The van der Waals surface area contributed by atoms with Crippen molar-refractivity contribution in [3.63, 3.8) is 0 Å². The Labute approximate surface area is 110 Å². The van der Waals surface area contributed by atoms with Gasteiger partial charge in [0.25, 0.3) is 0 Å². The molecule has 1 heterocycles. The molecule has 0 aliphatic carbocycles. The third-order valence-corrected chi connectivity index (χ3v) is 3.69. The summed E-state index contributed by atoms with van der Waals surface area (Å²) in [7, 11) is 2.14. The Morgan fingerprint density at radius 2 is 2.00 bits per heavy atom. The van der Waals surface area contributed by atoms with Gasteiger partial charge >= 0.3 is 0 Å². The third kappa shape index (κ3) is 3.31. The standard InChI is InChI=1S/C15H24N2O/c1-11-6-12(2)8-13(7-11)15(16)9-17(3)14-4-5-18-10-14/h6-8,14-15H,4-5,9-10,16H2,1-3H3. The molecule has 1 aromatic rings. The highest BCUT2D eigenvalue weighted by molar-refractivity contribution is 5.30. The molecule has 2 unspecified atom stereocenters. The van der Waals surface area contributed by atoms with Crippen LogP contribution in [0.5, 0.6) is 0 Å². The number of aryl methyl sites for hydroxylation is 2. The summed E-state index contributed by atoms with van der Waals surface area (Å²) >= 11 is 0. The summed E-state index contributed by atoms with van der Waals surface area (Å²) in [4.78, 5) is 2.33. The lowest BCUT2D eigenvalue weighted by atomic mass is 10.0. The highest BCUT2D eigenvalue weighted by Crippen LogP contribution is 2.18. The van der Waals surface area contributed by atoms with Crippen molar-refractivity contribution in [2.45, 2.75) is 32.4 Å². The molecule has 1 saturated heterocycles. The van der Waals surface area contributed by atoms with E-state index in [0.29, 0.717) is 6.04 Å². The van der Waals surface area contributed by atoms with Gasteiger partial charge in [-0.25, -0.2) is 0 Å². The van der Waals surface area contributed by atoms with Gasteiger partial charge in [0.15, 0.2) is 0 Å². The first kappa shape index (κ1) is 13.5. The van der Waals surface area contributed by atoms with Crippen LogP contribution in [0.1, 0.15) is 29.2 Å². The predicted octanol–water partition coefficient (Wildman–Crippen LogP) is 2.02. The molecule has 0 amide bonds. The normalized spacial score (nSPS) is 21.5. The molecule has 0 aromatic heterocycles. The smallest absolute Gasteiger partial charge is 0.0622 e. The molecule has 2 rings (SSSR count). The number of nitrogens with two attached hydrogens (primary N) is 1. The van der Waals surface area contributed by atoms with Gasteiger partial charge in [-0.1, -0.05) is 29.3 Å². The van der Waals surface area contributed by atoms with Crippen molar-refractivity contribution in [1.82, 2.24) is 4.90 Å². The van der Waals surface area contributed by atoms with Crippen molar-refractivity contribution < 1.29 is 4.74 Å². The second kappa shape index (κ2) is 5.83. The first-order valence-electron chi connectivity index (χ1n) is 6.68. The number of hydrogen-bond donors (Lipinski definition) is 1. The Balaban J connectivity index is 1.99. The SMILES string of the molecule is Cc1cc(C)cc(C(N)CN(C)C2CCOC2)c1. The van der Waals surface area contributed by atoms with Crippen LogP contribution in [0, 0.1) is 13.8 Å². The van der Waals surface area contributed by atoms with Crippen molar-refractivity contribution in [3.05, 3.63) is 34.9 Å². The monoisotopic (exact) mass is 248 g/mol. The lowest BCUT2D eigenvalue weighted by Gasteiger charge is -2.26. The molecule has 1 fully saturated rings. The van der Waals surface area contributed by atoms with Crippen LogP contribution in [0.15, 0.2) is 18.2 Å². The number of nitrogens with zero attached hydrogens (tertiary/aromatic N) is 1. The number of likely N-dealkylation sites (N-methyl/N-ethyl adjacent to an activating group) is 1. The van der Waals surface area contributed by atoms with Gasteiger partial charge in [-0.15, -0.1) is 0 Å². The molecule has 2 atom stereocenters. The minimum atomic E-state index is 0.0780. The molecule has 3 nitrogen and oxygen atoms in total. The van der Waals surface area contributed by atoms with Crippen molar-refractivity contribution in [3.8, 4) is 0 Å². The first-order valence-corrected chi connectivity index (χ1v) is 6.68. The number of rotatable bonds is 4. The summed E-state index contributed by atoms with van der Waals surface area (Å²) < 4.78 is 5.42. The summed E-state index contributed by atoms with van der Waals surface area (Å²) in [6.45, 7) is 6.86. The van der Waals surface area contributed by atoms with Crippen LogP contribution in [0.25, 0.3) is 0 Å². The summed E-state index contributed by atoms with van der Waals surface area (Å²) in [6.07, 6.45) is 1.12. The lowest BCUT2D eigenvalue weighted by Crippen LogP contribution is -2.37. The van der Waals surface area contributed by atoms with Crippen LogP contribution in [0.4, 0.5) is 0 Å². The van der Waals surface area contributed by atoms with E-state index in [0.717, 1.165) is 26.2 Å². The van der Waals surface area contributed by atoms with Crippen molar-refractivity contribution in [2.75, 3.05) is 26.8 Å². The number of benzene rings is 1. The average molecular weight is 248 g/mol. The Kier molecular flexibility index (Phi) is 4.38. The molecule has 18 heavy (non-hydrogen) atoms. The number of ether oxygens (including phenoxy) is 1. The molecule has 1 aliphatic heterocycles. The van der Waals surface area contributed by atoms with Gasteiger partial charge in [-0.3, -0.25) is 4.90 Å². The minimum Gasteiger partial charge on any atom is -0.380 e. The van der Waals surface area contributed by atoms with Crippen LogP contribution in [-0.2, 0) is 4.74 Å². The van der Waals surface area contributed by atoms with Crippen LogP contribution < -0.4 is 5.73 Å². The molecule has 100 valence electrons. The molecule has 1 aromatic carbocycles. The van der Waals surface area contributed by atoms with Gasteiger partial charge in [0.2, 0.25) is 0 Å². The van der Waals surface area contributed by atoms with Gasteiger partial charge in [-0.2, -0.15) is 0 Å². The van der Waals surface area contributed by atoms with E-state index >= 15 is 0 Å². The van der Waals surface area contributed by atoms with E-state index in [4.69, 9.17) is 10.5 Å². The van der Waals surface area contributed by atoms with Gasteiger partial charge in [0.1, 0.15) is 0 Å². The predicted molar refractivity (Wildman–Crippen MR) is 74.7 cm³/mol. The van der Waals surface area contributed by atoms with Crippen LogP contribution >= 0.6 is 0 Å². The third-order valence-electron chi connectivity index (χ3n) is 3.69. The van der Waals surface area contributed by atoms with Gasteiger partial charge in [-0.05, 0) is 32.9 Å². The van der Waals surface area contributed by atoms with E-state index in [9.17, 15) is 0 Å². The summed E-state index contributed by atoms with van der Waals surface area (Å²) in [5.41, 5.74) is 10.1. The maximum atomic E-state index is 6.32. The van der Waals surface area contributed by atoms with Gasteiger partial charge < -0.3 is 10.5 Å². The zero-order valence-electron chi connectivity index (χ0n) is 11.6. The quantitative estimate of drug-likeness (QED) is 0.886. The maximum absolute atomic E-state index is 6.32. The zero-order valence-corrected chi connectivity index (χ0v) is 11.6. The van der Waals surface area contributed by atoms with E-state index in [1.54, 1.807) is 0 Å². The second-order valence-corrected chi connectivity index (χ2v) is 5.48. The highest BCUT2D eigenvalue weighted by Gasteiger charge is 2.22. The summed E-state index contributed by atoms with van der Waals surface area (Å²) in [5.74, 6) is 0. The Morgan fingerprint density at radius 1 is 1.33 bits per heavy atom. The van der Waals surface area contributed by atoms with Crippen molar-refractivity contribution in [2.24, 2.45) is 5.73 Å². The first-order chi connectivity index (χ1) is 8.56. The Morgan fingerprint density at radius 3 is 2.56 bits per heavy atom. The molecular weight excluding hydrogens is 224 g/mol. The molecule has 3 heteroatoms. The van der Waals surface area contributed by atoms with Crippen molar-refractivity contribution in [1.29, 1.82) is 0 Å². The molecular formula is C15H24N2O. The fourth-order valence-electron chi connectivity index (χ4n) is 2.66. The van der Waals surface area contributed by atoms with Gasteiger partial charge in [0.05, 0.1) is 6.61 Å². The van der Waals surface area contributed by atoms with E-state index in [1.165, 1.54) is 16.7 Å². The summed E-state index contributed by atoms with van der Waals surface area (Å²) in [5, 5.41) is 0. The minimum absolute atomic E-state index is 0.0780. The van der Waals surface area contributed by atoms with E-state index in [2.05, 4.69) is 44.0 Å². The maximum Gasteiger partial charge on any atom is 0.0622 e. The average Bonchev–Trinajstić information content (AvgIpc) is 2.80. The largest absolute Gasteiger partial charge is 0.380 e. The molecule has 1 aliphatic rings. The Bertz CT molecular complexity index is 379. The van der Waals surface area contributed by atoms with E-state index in [-0.39, 0.29) is 6.04 Å². The highest BCUT2D eigenvalue weighted by atomic mass is 16.5. The fraction of sp³-hybridized carbons (Fsp3) is 0.600. The lowest BCUT2D eigenvalue weighted by molar-refractivity contribution is 0.156. The van der Waals surface area contributed by atoms with E-state index in [1.807, 2.05) is 0 Å². The topological polar surface area (TPSA) is 38.5 Å². The summed E-state index contributed by atoms with van der Waals surface area (Å²) in [6, 6.07) is 7.18. The molecule has 0 saturated carbocycles. The second-order valence-electron chi connectivity index (χ2n) is 5.48. The molecule has 0 bridgehead atoms. The van der Waals surface area contributed by atoms with E-state index < -0.39 is 0 Å². The van der Waals surface area contributed by atoms with Crippen LogP contribution in [-0.4, -0.2) is 37.7 Å². The van der Waals surface area contributed by atoms with Crippen molar-refractivity contribution >= 4 is 0 Å². The zero-order chi connectivity index (χ0) is 13.1. The van der Waals surface area contributed by atoms with Crippen LogP contribution in [0.2, 0.25) is 0 Å². The molecule has 0 spiro atoms. The Hall–Kier alpha value is -0.900. The fourth-order valence-corrected chi connectivity index (χ4v) is 2.66. The molecule has 0 radical (unpaired) electrons.